The van der Waals surface area contributed by atoms with Gasteiger partial charge in [-0.15, -0.1) is 0 Å². The molecule has 0 saturated carbocycles. The summed E-state index contributed by atoms with van der Waals surface area (Å²) in [6.07, 6.45) is 0. The second-order valence-corrected chi connectivity index (χ2v) is 3.90. The van der Waals surface area contributed by atoms with E-state index >= 15 is 0 Å². The summed E-state index contributed by atoms with van der Waals surface area (Å²) in [6, 6.07) is 7.64. The van der Waals surface area contributed by atoms with E-state index in [-0.39, 0.29) is 5.11 Å². The fourth-order valence-electron chi connectivity index (χ4n) is 0.855. The van der Waals surface area contributed by atoms with Gasteiger partial charge in [0.05, 0.1) is 5.71 Å². The minimum Gasteiger partial charge on any atom is -0.375 e. The Kier molecular flexibility index (Phi) is 4.03. The molecule has 0 aliphatic carbocycles. The van der Waals surface area contributed by atoms with Crippen LogP contribution in [0.4, 0.5) is 0 Å². The molecule has 0 aliphatic rings. The Morgan fingerprint density at radius 1 is 1.57 bits per heavy atom. The van der Waals surface area contributed by atoms with Gasteiger partial charge in [0.2, 0.25) is 0 Å². The van der Waals surface area contributed by atoms with Crippen molar-refractivity contribution in [1.29, 1.82) is 0 Å². The van der Waals surface area contributed by atoms with Crippen LogP contribution in [0.5, 0.6) is 0 Å². The number of hydrogen-bond donors (Lipinski definition) is 2. The third kappa shape index (κ3) is 3.43. The summed E-state index contributed by atoms with van der Waals surface area (Å²) in [4.78, 5) is 0. The van der Waals surface area contributed by atoms with Gasteiger partial charge in [-0.05, 0) is 36.8 Å². The Balaban J connectivity index is 2.83. The van der Waals surface area contributed by atoms with Crippen molar-refractivity contribution in [1.82, 2.24) is 5.43 Å². The molecule has 1 radical (unpaired) electrons. The van der Waals surface area contributed by atoms with Crippen molar-refractivity contribution >= 4 is 39.0 Å². The van der Waals surface area contributed by atoms with Crippen LogP contribution in [0.2, 0.25) is 0 Å². The van der Waals surface area contributed by atoms with Crippen LogP contribution in [0.15, 0.2) is 33.8 Å². The van der Waals surface area contributed by atoms with Gasteiger partial charge in [-0.3, -0.25) is 5.43 Å². The van der Waals surface area contributed by atoms with Crippen LogP contribution in [0.1, 0.15) is 5.56 Å². The van der Waals surface area contributed by atoms with Gasteiger partial charge >= 0.3 is 0 Å². The van der Waals surface area contributed by atoms with Gasteiger partial charge in [0.1, 0.15) is 0 Å². The van der Waals surface area contributed by atoms with E-state index in [9.17, 15) is 0 Å². The Morgan fingerprint density at radius 2 is 2.29 bits per heavy atom. The number of hydrazone groups is 1. The molecule has 1 aromatic rings. The lowest BCUT2D eigenvalue weighted by Crippen LogP contribution is -2.25. The zero-order chi connectivity index (χ0) is 10.6. The molecule has 0 heterocycles. The quantitative estimate of drug-likeness (QED) is 0.490. The van der Waals surface area contributed by atoms with E-state index in [4.69, 9.17) is 5.73 Å². The average molecular weight is 271 g/mol. The maximum absolute atomic E-state index is 5.22. The topological polar surface area (TPSA) is 50.4 Å². The zero-order valence-electron chi connectivity index (χ0n) is 7.33. The lowest BCUT2D eigenvalue weighted by atomic mass is 10.1. The molecule has 0 aromatic heterocycles. The SMILES string of the molecule is [CH2]C(=NNC(N)=S)c1cccc(Br)c1. The minimum absolute atomic E-state index is 0.126. The zero-order valence-corrected chi connectivity index (χ0v) is 9.73. The van der Waals surface area contributed by atoms with Gasteiger partial charge in [0.25, 0.3) is 0 Å². The molecule has 3 nitrogen and oxygen atoms in total. The third-order valence-corrected chi connectivity index (χ3v) is 2.04. The highest BCUT2D eigenvalue weighted by Crippen LogP contribution is 2.11. The van der Waals surface area contributed by atoms with Gasteiger partial charge in [-0.1, -0.05) is 28.1 Å². The number of rotatable bonds is 2. The summed E-state index contributed by atoms with van der Waals surface area (Å²) >= 11 is 7.97. The number of benzene rings is 1. The fraction of sp³-hybridized carbons (Fsp3) is 0. The van der Waals surface area contributed by atoms with E-state index in [1.807, 2.05) is 24.3 Å². The molecule has 0 atom stereocenters. The standard InChI is InChI=1S/C9H9BrN3S/c1-6(12-13-9(11)14)7-3-2-4-8(10)5-7/h2-5H,1H2,(H3,11,13,14). The molecule has 14 heavy (non-hydrogen) atoms. The first kappa shape index (κ1) is 11.1. The lowest BCUT2D eigenvalue weighted by Gasteiger charge is -2.01. The Labute approximate surface area is 96.5 Å². The predicted octanol–water partition coefficient (Wildman–Crippen LogP) is 1.82. The van der Waals surface area contributed by atoms with E-state index in [0.717, 1.165) is 10.0 Å². The maximum Gasteiger partial charge on any atom is 0.184 e. The van der Waals surface area contributed by atoms with Crippen LogP contribution < -0.4 is 11.2 Å². The third-order valence-electron chi connectivity index (χ3n) is 1.46. The van der Waals surface area contributed by atoms with Crippen molar-refractivity contribution in [3.8, 4) is 0 Å². The van der Waals surface area contributed by atoms with E-state index in [0.29, 0.717) is 5.71 Å². The minimum atomic E-state index is 0.126. The summed E-state index contributed by atoms with van der Waals surface area (Å²) in [5, 5.41) is 4.03. The Bertz CT molecular complexity index is 376. The molecule has 3 N–H and O–H groups in total. The summed E-state index contributed by atoms with van der Waals surface area (Å²) in [5.41, 5.74) is 9.20. The van der Waals surface area contributed by atoms with E-state index in [1.165, 1.54) is 0 Å². The molecule has 0 aliphatic heterocycles. The van der Waals surface area contributed by atoms with Crippen LogP contribution in [-0.2, 0) is 0 Å². The molecule has 0 fully saturated rings. The van der Waals surface area contributed by atoms with Crippen molar-refractivity contribution in [2.24, 2.45) is 10.8 Å². The smallest absolute Gasteiger partial charge is 0.184 e. The van der Waals surface area contributed by atoms with E-state index in [1.54, 1.807) is 0 Å². The second-order valence-electron chi connectivity index (χ2n) is 2.54. The molecule has 1 rings (SSSR count). The van der Waals surface area contributed by atoms with Crippen molar-refractivity contribution in [3.05, 3.63) is 41.2 Å². The molecule has 0 spiro atoms. The molecule has 0 amide bonds. The van der Waals surface area contributed by atoms with E-state index in [2.05, 4.69) is 45.6 Å². The number of hydrogen-bond acceptors (Lipinski definition) is 2. The highest BCUT2D eigenvalue weighted by atomic mass is 79.9. The van der Waals surface area contributed by atoms with Gasteiger partial charge < -0.3 is 5.73 Å². The number of nitrogens with two attached hydrogens (primary N) is 1. The predicted molar refractivity (Wildman–Crippen MR) is 66.0 cm³/mol. The first-order valence-corrected chi connectivity index (χ1v) is 5.01. The van der Waals surface area contributed by atoms with Crippen LogP contribution in [0, 0.1) is 6.92 Å². The second kappa shape index (κ2) is 5.07. The molecule has 0 saturated heterocycles. The molecule has 73 valence electrons. The van der Waals surface area contributed by atoms with Crippen molar-refractivity contribution in [3.63, 3.8) is 0 Å². The van der Waals surface area contributed by atoms with Gasteiger partial charge in [-0.2, -0.15) is 5.10 Å². The van der Waals surface area contributed by atoms with Crippen molar-refractivity contribution in [2.75, 3.05) is 0 Å². The molecular formula is C9H9BrN3S. The normalized spacial score (nSPS) is 11.1. The van der Waals surface area contributed by atoms with Gasteiger partial charge in [-0.25, -0.2) is 0 Å². The molecular weight excluding hydrogens is 262 g/mol. The molecule has 0 bridgehead atoms. The molecule has 0 unspecified atom stereocenters. The summed E-state index contributed by atoms with van der Waals surface area (Å²) in [6.45, 7) is 3.77. The fourth-order valence-corrected chi connectivity index (χ4v) is 1.30. The molecule has 1 aromatic carbocycles. The number of nitrogens with zero attached hydrogens (tertiary/aromatic N) is 1. The van der Waals surface area contributed by atoms with Crippen molar-refractivity contribution < 1.29 is 0 Å². The maximum atomic E-state index is 5.22. The Hall–Kier alpha value is -0.940. The largest absolute Gasteiger partial charge is 0.375 e. The number of thiocarbonyl (C=S) groups is 1. The number of halogens is 1. The van der Waals surface area contributed by atoms with Crippen molar-refractivity contribution in [2.45, 2.75) is 0 Å². The highest BCUT2D eigenvalue weighted by Gasteiger charge is 1.97. The average Bonchev–Trinajstić information content (AvgIpc) is 2.14. The van der Waals surface area contributed by atoms with Crippen LogP contribution >= 0.6 is 28.1 Å². The van der Waals surface area contributed by atoms with Gasteiger partial charge in [0, 0.05) is 4.47 Å². The van der Waals surface area contributed by atoms with Gasteiger partial charge in [0.15, 0.2) is 5.11 Å². The Morgan fingerprint density at radius 3 is 2.86 bits per heavy atom. The van der Waals surface area contributed by atoms with E-state index < -0.39 is 0 Å². The van der Waals surface area contributed by atoms with Crippen LogP contribution in [0.3, 0.4) is 0 Å². The summed E-state index contributed by atoms with van der Waals surface area (Å²) in [7, 11) is 0. The summed E-state index contributed by atoms with van der Waals surface area (Å²) in [5.74, 6) is 0. The van der Waals surface area contributed by atoms with Crippen LogP contribution in [-0.4, -0.2) is 10.8 Å². The monoisotopic (exact) mass is 270 g/mol. The summed E-state index contributed by atoms with van der Waals surface area (Å²) < 4.78 is 0.974. The molecule has 5 heteroatoms. The highest BCUT2D eigenvalue weighted by molar-refractivity contribution is 9.10. The van der Waals surface area contributed by atoms with Crippen LogP contribution in [0.25, 0.3) is 0 Å². The first-order chi connectivity index (χ1) is 6.59. The lowest BCUT2D eigenvalue weighted by molar-refractivity contribution is 1.03. The first-order valence-electron chi connectivity index (χ1n) is 3.80. The number of nitrogens with one attached hydrogen (secondary N) is 1.